The van der Waals surface area contributed by atoms with Crippen molar-refractivity contribution in [2.24, 2.45) is 0 Å². The molecule has 0 fully saturated rings. The van der Waals surface area contributed by atoms with Crippen LogP contribution in [-0.2, 0) is 4.79 Å². The van der Waals surface area contributed by atoms with Crippen molar-refractivity contribution >= 4 is 29.1 Å². The van der Waals surface area contributed by atoms with E-state index in [1.54, 1.807) is 0 Å². The molecule has 2 rings (SSSR count). The van der Waals surface area contributed by atoms with Gasteiger partial charge in [-0.25, -0.2) is 4.39 Å². The van der Waals surface area contributed by atoms with E-state index in [1.165, 1.54) is 44.2 Å². The number of ether oxygens (including phenoxy) is 1. The normalized spacial score (nSPS) is 11.9. The van der Waals surface area contributed by atoms with Crippen molar-refractivity contribution < 1.29 is 27.5 Å². The number of benzene rings is 2. The predicted octanol–water partition coefficient (Wildman–Crippen LogP) is 4.75. The second-order valence-corrected chi connectivity index (χ2v) is 6.41. The maximum Gasteiger partial charge on any atom is 0.288 e. The second-order valence-electron chi connectivity index (χ2n) is 5.35. The average molecular weight is 383 g/mol. The van der Waals surface area contributed by atoms with Gasteiger partial charge in [0.25, 0.3) is 11.7 Å². The first-order valence-electron chi connectivity index (χ1n) is 7.59. The minimum atomic E-state index is -2.52. The van der Waals surface area contributed by atoms with Gasteiger partial charge in [0.2, 0.25) is 0 Å². The van der Waals surface area contributed by atoms with Crippen LogP contribution in [0.25, 0.3) is 0 Å². The molecule has 0 saturated carbocycles. The molecule has 4 nitrogen and oxygen atoms in total. The number of thioether (sulfide) groups is 1. The summed E-state index contributed by atoms with van der Waals surface area (Å²) in [6.07, 6.45) is -0.964. The number of rotatable bonds is 7. The summed E-state index contributed by atoms with van der Waals surface area (Å²) < 4.78 is 43.3. The average Bonchev–Trinajstić information content (AvgIpc) is 2.57. The molecule has 0 aliphatic rings. The third-order valence-corrected chi connectivity index (χ3v) is 4.06. The molecule has 0 saturated heterocycles. The van der Waals surface area contributed by atoms with E-state index in [4.69, 9.17) is 4.74 Å². The van der Waals surface area contributed by atoms with Crippen LogP contribution < -0.4 is 10.1 Å². The number of carbonyl (C=O) groups is 2. The van der Waals surface area contributed by atoms with Gasteiger partial charge >= 0.3 is 0 Å². The molecule has 2 aromatic carbocycles. The summed E-state index contributed by atoms with van der Waals surface area (Å²) in [4.78, 5) is 24.1. The van der Waals surface area contributed by atoms with Gasteiger partial charge in [-0.3, -0.25) is 9.59 Å². The molecule has 0 aliphatic heterocycles. The summed E-state index contributed by atoms with van der Waals surface area (Å²) in [6, 6.07) is 9.37. The number of anilines is 1. The predicted molar refractivity (Wildman–Crippen MR) is 93.4 cm³/mol. The van der Waals surface area contributed by atoms with E-state index in [0.717, 1.165) is 12.1 Å². The van der Waals surface area contributed by atoms with Gasteiger partial charge in [0.15, 0.2) is 11.9 Å². The highest BCUT2D eigenvalue weighted by molar-refractivity contribution is 7.99. The molecular formula is C18H16F3NO3S. The van der Waals surface area contributed by atoms with Crippen LogP contribution in [0.1, 0.15) is 24.2 Å². The fourth-order valence-corrected chi connectivity index (χ4v) is 2.59. The highest BCUT2D eigenvalue weighted by atomic mass is 32.2. The van der Waals surface area contributed by atoms with Gasteiger partial charge in [-0.2, -0.15) is 8.78 Å². The highest BCUT2D eigenvalue weighted by Crippen LogP contribution is 2.26. The Bertz CT molecular complexity index is 797. The number of halogens is 3. The lowest BCUT2D eigenvalue weighted by molar-refractivity contribution is -0.122. The minimum Gasteiger partial charge on any atom is -0.480 e. The maximum absolute atomic E-state index is 13.3. The van der Waals surface area contributed by atoms with Crippen LogP contribution in [0.5, 0.6) is 5.75 Å². The summed E-state index contributed by atoms with van der Waals surface area (Å²) in [6.45, 7) is 2.75. The number of ketones is 1. The van der Waals surface area contributed by atoms with Gasteiger partial charge in [-0.05, 0) is 56.3 Å². The zero-order valence-electron chi connectivity index (χ0n) is 14.0. The molecule has 0 spiro atoms. The van der Waals surface area contributed by atoms with Gasteiger partial charge in [-0.1, -0.05) is 11.8 Å². The van der Waals surface area contributed by atoms with Crippen molar-refractivity contribution in [2.45, 2.75) is 30.6 Å². The highest BCUT2D eigenvalue weighted by Gasteiger charge is 2.18. The number of amides is 1. The molecule has 0 bridgehead atoms. The van der Waals surface area contributed by atoms with E-state index in [0.29, 0.717) is 22.3 Å². The van der Waals surface area contributed by atoms with Crippen LogP contribution in [0, 0.1) is 5.82 Å². The Labute approximate surface area is 152 Å². The molecule has 1 amide bonds. The number of Topliss-reactive ketones (excluding diaryl/α,β-unsaturated/α-hetero) is 1. The smallest absolute Gasteiger partial charge is 0.288 e. The van der Waals surface area contributed by atoms with Crippen molar-refractivity contribution in [1.29, 1.82) is 0 Å². The Hall–Kier alpha value is -2.48. The molecule has 8 heteroatoms. The summed E-state index contributed by atoms with van der Waals surface area (Å²) in [5, 5.41) is 2.58. The molecule has 26 heavy (non-hydrogen) atoms. The number of hydrogen-bond donors (Lipinski definition) is 1. The van der Waals surface area contributed by atoms with E-state index < -0.39 is 23.6 Å². The monoisotopic (exact) mass is 383 g/mol. The maximum atomic E-state index is 13.3. The summed E-state index contributed by atoms with van der Waals surface area (Å²) in [5.41, 5.74) is 0.452. The third-order valence-electron chi connectivity index (χ3n) is 3.34. The summed E-state index contributed by atoms with van der Waals surface area (Å²) in [5.74, 6) is -3.89. The van der Waals surface area contributed by atoms with Gasteiger partial charge in [0, 0.05) is 10.6 Å². The number of hydrogen-bond acceptors (Lipinski definition) is 4. The second kappa shape index (κ2) is 8.75. The van der Waals surface area contributed by atoms with Gasteiger partial charge in [0.05, 0.1) is 5.56 Å². The van der Waals surface area contributed by atoms with Crippen LogP contribution >= 0.6 is 11.8 Å². The quantitative estimate of drug-likeness (QED) is 0.554. The molecule has 0 aromatic heterocycles. The van der Waals surface area contributed by atoms with E-state index in [2.05, 4.69) is 5.32 Å². The molecule has 0 heterocycles. The van der Waals surface area contributed by atoms with Gasteiger partial charge < -0.3 is 10.1 Å². The number of carbonyl (C=O) groups excluding carboxylic acids is 2. The lowest BCUT2D eigenvalue weighted by Gasteiger charge is -2.16. The SMILES string of the molecule is CC(=O)c1cc(F)ccc1O[C@H](C)C(=O)Nc1ccc(SC(F)F)cc1. The van der Waals surface area contributed by atoms with Crippen LogP contribution in [0.4, 0.5) is 18.9 Å². The zero-order chi connectivity index (χ0) is 19.3. The molecule has 0 radical (unpaired) electrons. The Morgan fingerprint density at radius 2 is 1.77 bits per heavy atom. The Morgan fingerprint density at radius 3 is 2.35 bits per heavy atom. The number of nitrogens with one attached hydrogen (secondary N) is 1. The van der Waals surface area contributed by atoms with Crippen molar-refractivity contribution in [3.05, 3.63) is 53.8 Å². The number of alkyl halides is 2. The molecule has 1 N–H and O–H groups in total. The Balaban J connectivity index is 2.03. The fraction of sp³-hybridized carbons (Fsp3) is 0.222. The van der Waals surface area contributed by atoms with Gasteiger partial charge in [0.1, 0.15) is 11.6 Å². The van der Waals surface area contributed by atoms with E-state index in [1.807, 2.05) is 0 Å². The van der Waals surface area contributed by atoms with Crippen molar-refractivity contribution in [1.82, 2.24) is 0 Å². The zero-order valence-corrected chi connectivity index (χ0v) is 14.8. The van der Waals surface area contributed by atoms with E-state index in [-0.39, 0.29) is 17.1 Å². The van der Waals surface area contributed by atoms with Crippen LogP contribution in [0.3, 0.4) is 0 Å². The van der Waals surface area contributed by atoms with Crippen molar-refractivity contribution in [3.63, 3.8) is 0 Å². The fourth-order valence-electron chi connectivity index (χ4n) is 2.09. The molecule has 0 unspecified atom stereocenters. The molecule has 0 aliphatic carbocycles. The first-order valence-corrected chi connectivity index (χ1v) is 8.47. The molecule has 2 aromatic rings. The van der Waals surface area contributed by atoms with Crippen molar-refractivity contribution in [2.75, 3.05) is 5.32 Å². The minimum absolute atomic E-state index is 0.0398. The van der Waals surface area contributed by atoms with Crippen LogP contribution in [-0.4, -0.2) is 23.6 Å². The Morgan fingerprint density at radius 1 is 1.12 bits per heavy atom. The first kappa shape index (κ1) is 19.8. The van der Waals surface area contributed by atoms with Gasteiger partial charge in [-0.15, -0.1) is 0 Å². The van der Waals surface area contributed by atoms with E-state index in [9.17, 15) is 22.8 Å². The standard InChI is InChI=1S/C18H16F3NO3S/c1-10(23)15-9-12(19)3-8-16(15)25-11(2)17(24)22-13-4-6-14(7-5-13)26-18(20)21/h3-9,11,18H,1-2H3,(H,22,24)/t11-/m1/s1. The Kier molecular flexibility index (Phi) is 6.68. The molecule has 138 valence electrons. The first-order chi connectivity index (χ1) is 12.3. The third kappa shape index (κ3) is 5.52. The van der Waals surface area contributed by atoms with Crippen molar-refractivity contribution in [3.8, 4) is 5.75 Å². The lowest BCUT2D eigenvalue weighted by atomic mass is 10.1. The molecular weight excluding hydrogens is 367 g/mol. The largest absolute Gasteiger partial charge is 0.480 e. The topological polar surface area (TPSA) is 55.4 Å². The van der Waals surface area contributed by atoms with Crippen LogP contribution in [0.15, 0.2) is 47.4 Å². The summed E-state index contributed by atoms with van der Waals surface area (Å²) >= 11 is 0.406. The summed E-state index contributed by atoms with van der Waals surface area (Å²) in [7, 11) is 0. The van der Waals surface area contributed by atoms with E-state index >= 15 is 0 Å². The van der Waals surface area contributed by atoms with Crippen LogP contribution in [0.2, 0.25) is 0 Å². The molecule has 1 atom stereocenters. The lowest BCUT2D eigenvalue weighted by Crippen LogP contribution is -2.30.